The van der Waals surface area contributed by atoms with Gasteiger partial charge in [0.25, 0.3) is 0 Å². The van der Waals surface area contributed by atoms with Crippen molar-refractivity contribution in [2.45, 2.75) is 108 Å². The summed E-state index contributed by atoms with van der Waals surface area (Å²) in [4.78, 5) is 40.5. The molecule has 1 aromatic heterocycles. The van der Waals surface area contributed by atoms with Crippen molar-refractivity contribution < 1.29 is 39.2 Å². The van der Waals surface area contributed by atoms with Crippen molar-refractivity contribution >= 4 is 29.7 Å². The number of allylic oxidation sites excluding steroid dienone is 2. The smallest absolute Gasteiger partial charge is 0.309 e. The lowest BCUT2D eigenvalue weighted by atomic mass is 9.81. The Morgan fingerprint density at radius 2 is 1.73 bits per heavy atom. The first-order valence-electron chi connectivity index (χ1n) is 18.1. The Hall–Kier alpha value is -3.99. The fourth-order valence-corrected chi connectivity index (χ4v) is 8.44. The Morgan fingerprint density at radius 1 is 1.04 bits per heavy atom. The summed E-state index contributed by atoms with van der Waals surface area (Å²) in [5.74, 6) is -4.57. The average molecular weight is 737 g/mol. The van der Waals surface area contributed by atoms with E-state index in [1.807, 2.05) is 44.2 Å². The highest BCUT2D eigenvalue weighted by Crippen LogP contribution is 2.43. The lowest BCUT2D eigenvalue weighted by molar-refractivity contribution is -0.166. The van der Waals surface area contributed by atoms with E-state index in [0.717, 1.165) is 11.3 Å². The molecule has 2 aliphatic rings. The van der Waals surface area contributed by atoms with Crippen LogP contribution in [0.3, 0.4) is 0 Å². The molecule has 0 amide bonds. The summed E-state index contributed by atoms with van der Waals surface area (Å²) in [6, 6.07) is 11.9. The number of benzene rings is 1. The van der Waals surface area contributed by atoms with Crippen molar-refractivity contribution in [3.63, 3.8) is 0 Å². The molecule has 1 aromatic carbocycles. The molecule has 1 unspecified atom stereocenters. The number of aliphatic carboxylic acids is 1. The maximum Gasteiger partial charge on any atom is 0.309 e. The van der Waals surface area contributed by atoms with E-state index in [1.165, 1.54) is 6.08 Å². The van der Waals surface area contributed by atoms with E-state index >= 15 is 0 Å². The summed E-state index contributed by atoms with van der Waals surface area (Å²) < 4.78 is 13.2. The molecule has 0 bridgehead atoms. The molecule has 3 N–H and O–H groups in total. The molecule has 13 heteroatoms. The number of thioether (sulfide) groups is 1. The van der Waals surface area contributed by atoms with Crippen LogP contribution in [0.1, 0.15) is 78.3 Å². The molecule has 1 saturated carbocycles. The number of cyclic esters (lactones) is 1. The number of aromatic nitrogens is 3. The van der Waals surface area contributed by atoms with Gasteiger partial charge in [-0.1, -0.05) is 63.3 Å². The highest BCUT2D eigenvalue weighted by molar-refractivity contribution is 7.98. The first kappa shape index (κ1) is 40.8. The Labute approximate surface area is 310 Å². The summed E-state index contributed by atoms with van der Waals surface area (Å²) in [6.45, 7) is 7.85. The van der Waals surface area contributed by atoms with Gasteiger partial charge in [0.1, 0.15) is 18.4 Å². The van der Waals surface area contributed by atoms with E-state index in [9.17, 15) is 35.0 Å². The minimum absolute atomic E-state index is 0.0396. The Morgan fingerprint density at radius 3 is 2.42 bits per heavy atom. The van der Waals surface area contributed by atoms with Crippen molar-refractivity contribution in [1.29, 1.82) is 5.26 Å². The molecule has 282 valence electrons. The number of aliphatic hydroxyl groups is 2. The number of carbonyl (C=O) groups excluding carboxylic acids is 2. The van der Waals surface area contributed by atoms with Gasteiger partial charge in [-0.05, 0) is 74.0 Å². The number of ether oxygens (including phenoxy) is 2. The lowest BCUT2D eigenvalue weighted by Crippen LogP contribution is -2.39. The number of aliphatic hydroxyl groups excluding tert-OH is 2. The fraction of sp³-hybridized carbons (Fsp3) is 0.590. The zero-order chi connectivity index (χ0) is 37.8. The predicted octanol–water partition coefficient (Wildman–Crippen LogP) is 5.95. The van der Waals surface area contributed by atoms with Gasteiger partial charge in [0.15, 0.2) is 0 Å². The molecule has 2 aromatic rings. The number of esters is 2. The van der Waals surface area contributed by atoms with Crippen LogP contribution in [0.2, 0.25) is 0 Å². The largest absolute Gasteiger partial charge is 0.481 e. The zero-order valence-electron chi connectivity index (χ0n) is 30.4. The summed E-state index contributed by atoms with van der Waals surface area (Å²) >= 11 is 1.57. The topological polar surface area (TPSA) is 185 Å². The van der Waals surface area contributed by atoms with E-state index in [0.29, 0.717) is 24.4 Å². The van der Waals surface area contributed by atoms with E-state index in [2.05, 4.69) is 30.2 Å². The van der Waals surface area contributed by atoms with Gasteiger partial charge in [0.2, 0.25) is 0 Å². The van der Waals surface area contributed by atoms with Gasteiger partial charge < -0.3 is 24.8 Å². The predicted molar refractivity (Wildman–Crippen MR) is 194 cm³/mol. The monoisotopic (exact) mass is 736 g/mol. The number of rotatable bonds is 8. The summed E-state index contributed by atoms with van der Waals surface area (Å²) in [5.41, 5.74) is 0.622. The highest BCUT2D eigenvalue weighted by atomic mass is 32.2. The second-order valence-electron chi connectivity index (χ2n) is 14.7. The van der Waals surface area contributed by atoms with E-state index < -0.39 is 54.0 Å². The Kier molecular flexibility index (Phi) is 15.5. The van der Waals surface area contributed by atoms with Crippen molar-refractivity contribution in [3.8, 4) is 6.07 Å². The lowest BCUT2D eigenvalue weighted by Gasteiger charge is -2.30. The van der Waals surface area contributed by atoms with E-state index in [4.69, 9.17) is 9.47 Å². The molecule has 1 fully saturated rings. The van der Waals surface area contributed by atoms with Gasteiger partial charge >= 0.3 is 17.9 Å². The zero-order valence-corrected chi connectivity index (χ0v) is 31.2. The van der Waals surface area contributed by atoms with Crippen molar-refractivity contribution in [2.75, 3.05) is 0 Å². The molecule has 1 aliphatic heterocycles. The van der Waals surface area contributed by atoms with Gasteiger partial charge in [0.05, 0.1) is 54.2 Å². The fourth-order valence-electron chi connectivity index (χ4n) is 7.68. The number of carboxylic acids is 1. The third-order valence-electron chi connectivity index (χ3n) is 10.3. The number of hydrogen-bond acceptors (Lipinski definition) is 11. The van der Waals surface area contributed by atoms with E-state index in [1.54, 1.807) is 34.8 Å². The van der Waals surface area contributed by atoms with Crippen molar-refractivity contribution in [2.24, 2.45) is 41.4 Å². The molecule has 52 heavy (non-hydrogen) atoms. The minimum atomic E-state index is -1.11. The van der Waals surface area contributed by atoms with Gasteiger partial charge in [-0.2, -0.15) is 5.26 Å². The number of nitriles is 1. The Bertz CT molecular complexity index is 1590. The quantitative estimate of drug-likeness (QED) is 0.214. The van der Waals surface area contributed by atoms with Crippen LogP contribution in [0.5, 0.6) is 0 Å². The average Bonchev–Trinajstić information content (AvgIpc) is 3.76. The van der Waals surface area contributed by atoms with Gasteiger partial charge in [-0.25, -0.2) is 4.68 Å². The second kappa shape index (κ2) is 19.7. The van der Waals surface area contributed by atoms with Crippen LogP contribution in [0.25, 0.3) is 0 Å². The van der Waals surface area contributed by atoms with Crippen molar-refractivity contribution in [1.82, 2.24) is 15.0 Å². The minimum Gasteiger partial charge on any atom is -0.481 e. The van der Waals surface area contributed by atoms with Gasteiger partial charge in [-0.15, -0.1) is 16.9 Å². The van der Waals surface area contributed by atoms with Gasteiger partial charge in [0, 0.05) is 17.2 Å². The third-order valence-corrected chi connectivity index (χ3v) is 11.3. The standard InChI is InChI=1S/C39H52N4O8S/c1-24-16-25(2)18-27(4)37(46)28(20-40)10-8-9-13-34(51-35(45)19-33(44)26(3)17-24)36-31(38(47)48)14-15-32(36)39(49)50-22-29-21-43(42-41-29)23-52-30-11-6-5-7-12-30/h5-12,21,24-27,31-34,36-37,44,46H,13-19,22-23H2,1-4H3,(H,47,48)/b9-8+,28-10-/t24-,25+,26-,27-,31?,32+,33-,34-,36+,37+/m0/s1. The van der Waals surface area contributed by atoms with Crippen LogP contribution in [0.4, 0.5) is 0 Å². The normalized spacial score (nSPS) is 32.6. The van der Waals surface area contributed by atoms with Crippen LogP contribution in [0.15, 0.2) is 65.2 Å². The van der Waals surface area contributed by atoms with Crippen LogP contribution in [-0.4, -0.2) is 66.5 Å². The first-order valence-corrected chi connectivity index (χ1v) is 19.1. The third kappa shape index (κ3) is 11.8. The molecular formula is C39H52N4O8S. The summed E-state index contributed by atoms with van der Waals surface area (Å²) in [7, 11) is 0. The van der Waals surface area contributed by atoms with Crippen LogP contribution < -0.4 is 0 Å². The van der Waals surface area contributed by atoms with Crippen LogP contribution >= 0.6 is 11.8 Å². The molecule has 2 heterocycles. The molecule has 12 nitrogen and oxygen atoms in total. The Balaban J connectivity index is 1.53. The SMILES string of the molecule is C[C@@H]1C[C@H](C)C[C@H](C)[C@@H](O)CC(=O)O[C@H]([C@@H]2C(C(=O)O)CC[C@H]2C(=O)OCc2cn(CSc3ccccc3)nn2)C/C=C/C=C(/C#N)[C@H](O)[C@@H](C)C1. The molecule has 0 spiro atoms. The maximum absolute atomic E-state index is 13.6. The number of carboxylic acid groups (broad SMARTS) is 1. The summed E-state index contributed by atoms with van der Waals surface area (Å²) in [6.07, 6.45) is 5.84. The number of nitrogens with zero attached hydrogens (tertiary/aromatic N) is 4. The van der Waals surface area contributed by atoms with Crippen molar-refractivity contribution in [3.05, 3.63) is 66.0 Å². The maximum atomic E-state index is 13.6. The highest BCUT2D eigenvalue weighted by Gasteiger charge is 2.49. The van der Waals surface area contributed by atoms with Gasteiger partial charge in [-0.3, -0.25) is 14.4 Å². The first-order chi connectivity index (χ1) is 24.9. The second-order valence-corrected chi connectivity index (χ2v) is 15.7. The molecule has 1 aliphatic carbocycles. The van der Waals surface area contributed by atoms with Crippen LogP contribution in [0, 0.1) is 52.8 Å². The van der Waals surface area contributed by atoms with Crippen LogP contribution in [-0.2, 0) is 36.3 Å². The van der Waals surface area contributed by atoms with E-state index in [-0.39, 0.29) is 61.5 Å². The molecule has 10 atom stereocenters. The number of hydrogen-bond donors (Lipinski definition) is 3. The molecular weight excluding hydrogens is 685 g/mol. The molecule has 0 saturated heterocycles. The number of carbonyl (C=O) groups is 3. The molecule has 4 rings (SSSR count). The molecule has 0 radical (unpaired) electrons. The summed E-state index contributed by atoms with van der Waals surface area (Å²) in [5, 5.41) is 50.2.